The first-order valence-corrected chi connectivity index (χ1v) is 7.82. The summed E-state index contributed by atoms with van der Waals surface area (Å²) in [6.45, 7) is 4.03. The van der Waals surface area contributed by atoms with Crippen molar-refractivity contribution in [2.45, 2.75) is 19.4 Å². The number of benzene rings is 1. The van der Waals surface area contributed by atoms with Crippen LogP contribution in [0.4, 0.5) is 0 Å². The van der Waals surface area contributed by atoms with Crippen molar-refractivity contribution in [3.05, 3.63) is 48.2 Å². The summed E-state index contributed by atoms with van der Waals surface area (Å²) in [5.74, 6) is 0.0971. The Morgan fingerprint density at radius 1 is 1.23 bits per heavy atom. The largest absolute Gasteiger partial charge is 0.377 e. The van der Waals surface area contributed by atoms with Crippen LogP contribution in [-0.4, -0.2) is 41.2 Å². The van der Waals surface area contributed by atoms with Gasteiger partial charge in [0.2, 0.25) is 0 Å². The van der Waals surface area contributed by atoms with Gasteiger partial charge in [-0.15, -0.1) is 0 Å². The smallest absolute Gasteiger partial charge is 0.270 e. The lowest BCUT2D eigenvalue weighted by molar-refractivity contribution is -0.00328. The fourth-order valence-electron chi connectivity index (χ4n) is 3.03. The Labute approximate surface area is 131 Å². The standard InChI is InChI=1S/C18H22N2O2/c1-3-15-13-22-12-11-20(15)18(21)17-10-9-16(19(17)2)14-7-5-4-6-8-14/h4-10,15H,3,11-13H2,1-2H3. The molecule has 0 radical (unpaired) electrons. The first-order valence-electron chi connectivity index (χ1n) is 7.82. The lowest BCUT2D eigenvalue weighted by Crippen LogP contribution is -2.48. The molecule has 1 aromatic carbocycles. The van der Waals surface area contributed by atoms with Gasteiger partial charge in [0.05, 0.1) is 19.3 Å². The second-order valence-corrected chi connectivity index (χ2v) is 5.66. The predicted molar refractivity (Wildman–Crippen MR) is 86.8 cm³/mol. The average molecular weight is 298 g/mol. The van der Waals surface area contributed by atoms with Crippen molar-refractivity contribution in [2.75, 3.05) is 19.8 Å². The van der Waals surface area contributed by atoms with E-state index in [0.29, 0.717) is 19.8 Å². The minimum Gasteiger partial charge on any atom is -0.377 e. The number of nitrogens with zero attached hydrogens (tertiary/aromatic N) is 2. The number of rotatable bonds is 3. The van der Waals surface area contributed by atoms with Crippen molar-refractivity contribution < 1.29 is 9.53 Å². The summed E-state index contributed by atoms with van der Waals surface area (Å²) in [4.78, 5) is 14.8. The highest BCUT2D eigenvalue weighted by Crippen LogP contribution is 2.23. The Bertz CT molecular complexity index is 648. The van der Waals surface area contributed by atoms with Crippen molar-refractivity contribution in [1.29, 1.82) is 0 Å². The average Bonchev–Trinajstić information content (AvgIpc) is 2.96. The van der Waals surface area contributed by atoms with Crippen molar-refractivity contribution in [3.8, 4) is 11.3 Å². The van der Waals surface area contributed by atoms with Crippen LogP contribution in [0.15, 0.2) is 42.5 Å². The second-order valence-electron chi connectivity index (χ2n) is 5.66. The molecule has 4 heteroatoms. The summed E-state index contributed by atoms with van der Waals surface area (Å²) >= 11 is 0. The molecule has 22 heavy (non-hydrogen) atoms. The predicted octanol–water partition coefficient (Wildman–Crippen LogP) is 2.94. The molecule has 4 nitrogen and oxygen atoms in total. The number of carbonyl (C=O) groups excluding carboxylic acids is 1. The minimum atomic E-state index is 0.0971. The van der Waals surface area contributed by atoms with Crippen LogP contribution >= 0.6 is 0 Å². The molecule has 0 saturated carbocycles. The van der Waals surface area contributed by atoms with Crippen LogP contribution in [0.1, 0.15) is 23.8 Å². The van der Waals surface area contributed by atoms with Gasteiger partial charge >= 0.3 is 0 Å². The molecule has 1 unspecified atom stereocenters. The molecule has 1 fully saturated rings. The Balaban J connectivity index is 1.89. The molecular formula is C18H22N2O2. The summed E-state index contributed by atoms with van der Waals surface area (Å²) in [5.41, 5.74) is 2.92. The Morgan fingerprint density at radius 2 is 2.00 bits per heavy atom. The van der Waals surface area contributed by atoms with Crippen molar-refractivity contribution >= 4 is 5.91 Å². The number of carbonyl (C=O) groups is 1. The number of ether oxygens (including phenoxy) is 1. The number of hydrogen-bond acceptors (Lipinski definition) is 2. The first kappa shape index (κ1) is 14.9. The second kappa shape index (κ2) is 6.36. The van der Waals surface area contributed by atoms with Crippen LogP contribution in [0.2, 0.25) is 0 Å². The summed E-state index contributed by atoms with van der Waals surface area (Å²) in [6, 6.07) is 14.3. The summed E-state index contributed by atoms with van der Waals surface area (Å²) in [5, 5.41) is 0. The molecular weight excluding hydrogens is 276 g/mol. The van der Waals surface area contributed by atoms with Gasteiger partial charge in [0, 0.05) is 19.3 Å². The van der Waals surface area contributed by atoms with Crippen LogP contribution in [0.5, 0.6) is 0 Å². The summed E-state index contributed by atoms with van der Waals surface area (Å²) < 4.78 is 7.48. The quantitative estimate of drug-likeness (QED) is 0.873. The third kappa shape index (κ3) is 2.66. The Morgan fingerprint density at radius 3 is 2.73 bits per heavy atom. The number of amides is 1. The highest BCUT2D eigenvalue weighted by atomic mass is 16.5. The molecule has 1 aliphatic rings. The van der Waals surface area contributed by atoms with E-state index in [1.165, 1.54) is 0 Å². The Hall–Kier alpha value is -2.07. The molecule has 1 atom stereocenters. The van der Waals surface area contributed by atoms with Crippen LogP contribution < -0.4 is 0 Å². The fourth-order valence-corrected chi connectivity index (χ4v) is 3.03. The van der Waals surface area contributed by atoms with Gasteiger partial charge in [0.1, 0.15) is 5.69 Å². The van der Waals surface area contributed by atoms with E-state index < -0.39 is 0 Å². The van der Waals surface area contributed by atoms with E-state index in [0.717, 1.165) is 23.4 Å². The lowest BCUT2D eigenvalue weighted by atomic mass is 10.1. The van der Waals surface area contributed by atoms with E-state index in [1.807, 2.05) is 46.8 Å². The molecule has 116 valence electrons. The van der Waals surface area contributed by atoms with Gasteiger partial charge in [-0.25, -0.2) is 0 Å². The number of hydrogen-bond donors (Lipinski definition) is 0. The molecule has 0 bridgehead atoms. The molecule has 0 spiro atoms. The van der Waals surface area contributed by atoms with Gasteiger partial charge in [0.25, 0.3) is 5.91 Å². The van der Waals surface area contributed by atoms with E-state index >= 15 is 0 Å². The maximum atomic E-state index is 12.9. The third-order valence-corrected chi connectivity index (χ3v) is 4.37. The van der Waals surface area contributed by atoms with Crippen LogP contribution in [0.25, 0.3) is 11.3 Å². The monoisotopic (exact) mass is 298 g/mol. The van der Waals surface area contributed by atoms with Gasteiger partial charge in [-0.05, 0) is 24.1 Å². The fraction of sp³-hybridized carbons (Fsp3) is 0.389. The van der Waals surface area contributed by atoms with E-state index in [2.05, 4.69) is 19.1 Å². The van der Waals surface area contributed by atoms with Crippen LogP contribution in [-0.2, 0) is 11.8 Å². The highest BCUT2D eigenvalue weighted by molar-refractivity contribution is 5.94. The maximum Gasteiger partial charge on any atom is 0.270 e. The van der Waals surface area contributed by atoms with Gasteiger partial charge < -0.3 is 14.2 Å². The normalized spacial score (nSPS) is 18.5. The molecule has 1 amide bonds. The SMILES string of the molecule is CCC1COCCN1C(=O)c1ccc(-c2ccccc2)n1C. The molecule has 0 N–H and O–H groups in total. The molecule has 2 aromatic rings. The van der Waals surface area contributed by atoms with E-state index in [9.17, 15) is 4.79 Å². The van der Waals surface area contributed by atoms with Gasteiger partial charge in [-0.3, -0.25) is 4.79 Å². The number of morpholine rings is 1. The molecule has 1 saturated heterocycles. The summed E-state index contributed by atoms with van der Waals surface area (Å²) in [7, 11) is 1.96. The molecule has 2 heterocycles. The molecule has 1 aromatic heterocycles. The minimum absolute atomic E-state index is 0.0971. The van der Waals surface area contributed by atoms with E-state index in [4.69, 9.17) is 4.74 Å². The van der Waals surface area contributed by atoms with Gasteiger partial charge in [0.15, 0.2) is 0 Å². The summed E-state index contributed by atoms with van der Waals surface area (Å²) in [6.07, 6.45) is 0.918. The maximum absolute atomic E-state index is 12.9. The van der Waals surface area contributed by atoms with E-state index in [1.54, 1.807) is 0 Å². The van der Waals surface area contributed by atoms with Crippen molar-refractivity contribution in [1.82, 2.24) is 9.47 Å². The topological polar surface area (TPSA) is 34.5 Å². The molecule has 0 aliphatic carbocycles. The molecule has 3 rings (SSSR count). The van der Waals surface area contributed by atoms with Gasteiger partial charge in [-0.2, -0.15) is 0 Å². The lowest BCUT2D eigenvalue weighted by Gasteiger charge is -2.35. The van der Waals surface area contributed by atoms with Crippen molar-refractivity contribution in [3.63, 3.8) is 0 Å². The van der Waals surface area contributed by atoms with E-state index in [-0.39, 0.29) is 11.9 Å². The van der Waals surface area contributed by atoms with Crippen molar-refractivity contribution in [2.24, 2.45) is 7.05 Å². The zero-order valence-electron chi connectivity index (χ0n) is 13.2. The zero-order chi connectivity index (χ0) is 15.5. The van der Waals surface area contributed by atoms with Gasteiger partial charge in [-0.1, -0.05) is 37.3 Å². The zero-order valence-corrected chi connectivity index (χ0v) is 13.2. The number of aromatic nitrogens is 1. The highest BCUT2D eigenvalue weighted by Gasteiger charge is 2.28. The van der Waals surface area contributed by atoms with Crippen LogP contribution in [0.3, 0.4) is 0 Å². The third-order valence-electron chi connectivity index (χ3n) is 4.37. The first-order chi connectivity index (χ1) is 10.7. The molecule has 1 aliphatic heterocycles. The Kier molecular flexibility index (Phi) is 4.29. The van der Waals surface area contributed by atoms with Crippen LogP contribution in [0, 0.1) is 0 Å².